The molecule has 0 spiro atoms. The molecule has 1 aromatic heterocycles. The van der Waals surface area contributed by atoms with Crippen LogP contribution in [0.5, 0.6) is 0 Å². The third-order valence-corrected chi connectivity index (χ3v) is 3.15. The van der Waals surface area contributed by atoms with Crippen molar-refractivity contribution >= 4 is 17.6 Å². The van der Waals surface area contributed by atoms with Crippen LogP contribution in [0.15, 0.2) is 17.1 Å². The zero-order chi connectivity index (χ0) is 14.9. The molecule has 2 N–H and O–H groups in total. The van der Waals surface area contributed by atoms with Gasteiger partial charge in [-0.2, -0.15) is 0 Å². The number of H-pyrrole nitrogens is 1. The fourth-order valence-corrected chi connectivity index (χ4v) is 2.05. The van der Waals surface area contributed by atoms with Crippen LogP contribution in [0.4, 0.5) is 5.69 Å². The molecule has 1 atom stereocenters. The zero-order valence-corrected chi connectivity index (χ0v) is 10.2. The summed E-state index contributed by atoms with van der Waals surface area (Å²) >= 11 is 0. The fourth-order valence-electron chi connectivity index (χ4n) is 2.05. The standard InChI is InChI=1S/C11H11N3O6/c15-9-8(3-7(4-12-9)14(19)20)10(16)13-2-1-6(5-13)11(17)18/h3-4,6H,1-2,5H2,(H,12,15)(H,17,18). The molecule has 0 aliphatic carbocycles. The highest BCUT2D eigenvalue weighted by Crippen LogP contribution is 2.19. The van der Waals surface area contributed by atoms with Crippen molar-refractivity contribution in [1.29, 1.82) is 0 Å². The molecule has 106 valence electrons. The maximum Gasteiger partial charge on any atom is 0.308 e. The van der Waals surface area contributed by atoms with Crippen molar-refractivity contribution in [2.24, 2.45) is 5.92 Å². The summed E-state index contributed by atoms with van der Waals surface area (Å²) < 4.78 is 0. The number of hydrogen-bond acceptors (Lipinski definition) is 5. The van der Waals surface area contributed by atoms with E-state index in [1.54, 1.807) is 0 Å². The number of likely N-dealkylation sites (tertiary alicyclic amines) is 1. The van der Waals surface area contributed by atoms with Gasteiger partial charge in [0.15, 0.2) is 0 Å². The molecule has 0 aromatic carbocycles. The number of hydrogen-bond donors (Lipinski definition) is 2. The van der Waals surface area contributed by atoms with Crippen LogP contribution in [0.1, 0.15) is 16.8 Å². The number of pyridine rings is 1. The molecule has 2 heterocycles. The monoisotopic (exact) mass is 281 g/mol. The number of nitrogens with zero attached hydrogens (tertiary/aromatic N) is 2. The van der Waals surface area contributed by atoms with Gasteiger partial charge in [0.1, 0.15) is 5.56 Å². The molecular weight excluding hydrogens is 270 g/mol. The van der Waals surface area contributed by atoms with Crippen LogP contribution in [-0.2, 0) is 4.79 Å². The lowest BCUT2D eigenvalue weighted by molar-refractivity contribution is -0.385. The number of carboxylic acid groups (broad SMARTS) is 1. The van der Waals surface area contributed by atoms with Crippen molar-refractivity contribution in [3.05, 3.63) is 38.3 Å². The van der Waals surface area contributed by atoms with Gasteiger partial charge in [-0.25, -0.2) is 0 Å². The lowest BCUT2D eigenvalue weighted by Gasteiger charge is -2.14. The van der Waals surface area contributed by atoms with E-state index >= 15 is 0 Å². The minimum absolute atomic E-state index is 0.00367. The van der Waals surface area contributed by atoms with Gasteiger partial charge in [-0.15, -0.1) is 0 Å². The molecule has 9 nitrogen and oxygen atoms in total. The average Bonchev–Trinajstić information content (AvgIpc) is 2.88. The van der Waals surface area contributed by atoms with Crippen LogP contribution in [0, 0.1) is 16.0 Å². The van der Waals surface area contributed by atoms with Crippen LogP contribution < -0.4 is 5.56 Å². The molecule has 1 amide bonds. The molecule has 0 saturated carbocycles. The highest BCUT2D eigenvalue weighted by molar-refractivity contribution is 5.95. The largest absolute Gasteiger partial charge is 0.481 e. The van der Waals surface area contributed by atoms with Crippen molar-refractivity contribution in [3.8, 4) is 0 Å². The Labute approximate surface area is 112 Å². The summed E-state index contributed by atoms with van der Waals surface area (Å²) in [5, 5.41) is 19.5. The van der Waals surface area contributed by atoms with Crippen LogP contribution >= 0.6 is 0 Å². The Morgan fingerprint density at radius 2 is 2.20 bits per heavy atom. The van der Waals surface area contributed by atoms with Gasteiger partial charge in [-0.3, -0.25) is 24.5 Å². The number of aromatic nitrogens is 1. The highest BCUT2D eigenvalue weighted by atomic mass is 16.6. The Bertz CT molecular complexity index is 637. The predicted molar refractivity (Wildman–Crippen MR) is 65.4 cm³/mol. The van der Waals surface area contributed by atoms with Gasteiger partial charge in [0, 0.05) is 19.2 Å². The minimum atomic E-state index is -1.01. The van der Waals surface area contributed by atoms with Gasteiger partial charge in [-0.05, 0) is 6.42 Å². The Balaban J connectivity index is 2.26. The Kier molecular flexibility index (Phi) is 3.51. The quantitative estimate of drug-likeness (QED) is 0.583. The number of carbonyl (C=O) groups excluding carboxylic acids is 1. The first-order chi connectivity index (χ1) is 9.40. The molecule has 20 heavy (non-hydrogen) atoms. The van der Waals surface area contributed by atoms with Crippen LogP contribution in [0.2, 0.25) is 0 Å². The smallest absolute Gasteiger partial charge is 0.308 e. The normalized spacial score (nSPS) is 18.0. The third kappa shape index (κ3) is 2.51. The van der Waals surface area contributed by atoms with Crippen LogP contribution in [-0.4, -0.2) is 44.9 Å². The van der Waals surface area contributed by atoms with Crippen molar-refractivity contribution in [2.45, 2.75) is 6.42 Å². The molecule has 2 rings (SSSR count). The number of rotatable bonds is 3. The minimum Gasteiger partial charge on any atom is -0.481 e. The number of carboxylic acids is 1. The summed E-state index contributed by atoms with van der Waals surface area (Å²) in [6.45, 7) is 0.203. The van der Waals surface area contributed by atoms with Crippen molar-refractivity contribution < 1.29 is 19.6 Å². The van der Waals surface area contributed by atoms with E-state index in [9.17, 15) is 24.5 Å². The number of nitro groups is 1. The lowest BCUT2D eigenvalue weighted by Crippen LogP contribution is -2.33. The van der Waals surface area contributed by atoms with Crippen molar-refractivity contribution in [2.75, 3.05) is 13.1 Å². The van der Waals surface area contributed by atoms with Gasteiger partial charge < -0.3 is 15.0 Å². The summed E-state index contributed by atoms with van der Waals surface area (Å²) in [7, 11) is 0. The number of aromatic amines is 1. The highest BCUT2D eigenvalue weighted by Gasteiger charge is 2.32. The number of carbonyl (C=O) groups is 2. The SMILES string of the molecule is O=C(O)C1CCN(C(=O)c2cc([N+](=O)[O-])c[nH]c2=O)C1. The second-order valence-electron chi connectivity index (χ2n) is 4.43. The Morgan fingerprint density at radius 1 is 1.50 bits per heavy atom. The molecule has 0 bridgehead atoms. The maximum atomic E-state index is 12.1. The molecule has 0 radical (unpaired) electrons. The van der Waals surface area contributed by atoms with E-state index in [0.717, 1.165) is 12.3 Å². The first-order valence-corrected chi connectivity index (χ1v) is 5.79. The van der Waals surface area contributed by atoms with Gasteiger partial charge in [0.2, 0.25) is 0 Å². The Hall–Kier alpha value is -2.71. The van der Waals surface area contributed by atoms with Crippen molar-refractivity contribution in [1.82, 2.24) is 9.88 Å². The van der Waals surface area contributed by atoms with Gasteiger partial charge in [-0.1, -0.05) is 0 Å². The topological polar surface area (TPSA) is 134 Å². The van der Waals surface area contributed by atoms with E-state index < -0.39 is 34.0 Å². The maximum absolute atomic E-state index is 12.1. The van der Waals surface area contributed by atoms with Gasteiger partial charge >= 0.3 is 5.97 Å². The number of amides is 1. The van der Waals surface area contributed by atoms with E-state index in [4.69, 9.17) is 5.11 Å². The fraction of sp³-hybridized carbons (Fsp3) is 0.364. The van der Waals surface area contributed by atoms with E-state index in [1.165, 1.54) is 4.90 Å². The predicted octanol–water partition coefficient (Wildman–Crippen LogP) is -0.170. The summed E-state index contributed by atoms with van der Waals surface area (Å²) in [4.78, 5) is 47.7. The molecule has 1 fully saturated rings. The second-order valence-corrected chi connectivity index (χ2v) is 4.43. The number of aliphatic carboxylic acids is 1. The molecular formula is C11H11N3O6. The molecule has 1 unspecified atom stereocenters. The van der Waals surface area contributed by atoms with Crippen LogP contribution in [0.25, 0.3) is 0 Å². The summed E-state index contributed by atoms with van der Waals surface area (Å²) in [5.41, 5.74) is -1.49. The van der Waals surface area contributed by atoms with Gasteiger partial charge in [0.25, 0.3) is 17.2 Å². The summed E-state index contributed by atoms with van der Waals surface area (Å²) in [6, 6.07) is 0.898. The molecule has 1 aliphatic heterocycles. The van der Waals surface area contributed by atoms with E-state index in [-0.39, 0.29) is 18.7 Å². The van der Waals surface area contributed by atoms with Gasteiger partial charge in [0.05, 0.1) is 17.0 Å². The summed E-state index contributed by atoms with van der Waals surface area (Å²) in [5.74, 6) is -2.37. The third-order valence-electron chi connectivity index (χ3n) is 3.15. The van der Waals surface area contributed by atoms with Crippen LogP contribution in [0.3, 0.4) is 0 Å². The average molecular weight is 281 g/mol. The zero-order valence-electron chi connectivity index (χ0n) is 10.2. The lowest BCUT2D eigenvalue weighted by atomic mass is 10.1. The van der Waals surface area contributed by atoms with E-state index in [2.05, 4.69) is 4.98 Å². The first kappa shape index (κ1) is 13.7. The molecule has 1 aromatic rings. The van der Waals surface area contributed by atoms with Crippen molar-refractivity contribution in [3.63, 3.8) is 0 Å². The Morgan fingerprint density at radius 3 is 2.75 bits per heavy atom. The first-order valence-electron chi connectivity index (χ1n) is 5.79. The van der Waals surface area contributed by atoms with E-state index in [0.29, 0.717) is 6.42 Å². The summed E-state index contributed by atoms with van der Waals surface area (Å²) in [6.07, 6.45) is 1.21. The van der Waals surface area contributed by atoms with E-state index in [1.807, 2.05) is 0 Å². The molecule has 9 heteroatoms. The molecule has 1 saturated heterocycles. The second kappa shape index (κ2) is 5.11. The number of nitrogens with one attached hydrogen (secondary N) is 1. The molecule has 1 aliphatic rings.